The zero-order chi connectivity index (χ0) is 21.6. The Kier molecular flexibility index (Phi) is 7.67. The maximum Gasteiger partial charge on any atom is 0.416 e. The number of carbonyl (C=O) groups is 1. The first-order chi connectivity index (χ1) is 13.6. The monoisotopic (exact) mass is 410 g/mol. The fraction of sp³-hybridized carbons (Fsp3) is 0.409. The quantitative estimate of drug-likeness (QED) is 0.546. The summed E-state index contributed by atoms with van der Waals surface area (Å²) in [4.78, 5) is 11.8. The Hall–Kier alpha value is -2.54. The number of ether oxygens (including phenoxy) is 2. The third kappa shape index (κ3) is 6.49. The fourth-order valence-corrected chi connectivity index (χ4v) is 3.02. The summed E-state index contributed by atoms with van der Waals surface area (Å²) >= 11 is 0. The van der Waals surface area contributed by atoms with Crippen molar-refractivity contribution >= 4 is 5.97 Å². The number of alkyl halides is 3. The predicted octanol–water partition coefficient (Wildman–Crippen LogP) is 5.61. The first kappa shape index (κ1) is 22.7. The largest absolute Gasteiger partial charge is 0.491 e. The molecule has 2 aromatic carbocycles. The number of rotatable bonds is 9. The highest BCUT2D eigenvalue weighted by Crippen LogP contribution is 2.35. The van der Waals surface area contributed by atoms with Gasteiger partial charge in [-0.25, -0.2) is 0 Å². The first-order valence-electron chi connectivity index (χ1n) is 9.29. The van der Waals surface area contributed by atoms with Crippen LogP contribution in [0.2, 0.25) is 0 Å². The lowest BCUT2D eigenvalue weighted by Gasteiger charge is -2.18. The van der Waals surface area contributed by atoms with Crippen LogP contribution in [0.25, 0.3) is 11.1 Å². The molecule has 0 aliphatic rings. The fourth-order valence-electron chi connectivity index (χ4n) is 3.02. The zero-order valence-electron chi connectivity index (χ0n) is 16.6. The number of hydrogen-bond donors (Lipinski definition) is 1. The molecule has 0 heterocycles. The summed E-state index contributed by atoms with van der Waals surface area (Å²) in [5, 5.41) is 9.68. The Morgan fingerprint density at radius 3 is 2.21 bits per heavy atom. The lowest BCUT2D eigenvalue weighted by atomic mass is 9.88. The van der Waals surface area contributed by atoms with Crippen LogP contribution >= 0.6 is 0 Å². The zero-order valence-corrected chi connectivity index (χ0v) is 16.6. The van der Waals surface area contributed by atoms with Crippen LogP contribution < -0.4 is 4.74 Å². The molecule has 2 aromatic rings. The van der Waals surface area contributed by atoms with E-state index >= 15 is 0 Å². The van der Waals surface area contributed by atoms with Crippen LogP contribution in [0, 0.1) is 5.92 Å². The molecule has 158 valence electrons. The van der Waals surface area contributed by atoms with Crippen molar-refractivity contribution in [3.8, 4) is 16.9 Å². The smallest absolute Gasteiger partial charge is 0.416 e. The molecule has 0 saturated carbocycles. The Bertz CT molecular complexity index is 814. The number of aliphatic carboxylic acids is 1. The number of methoxy groups -OCH3 is 1. The van der Waals surface area contributed by atoms with E-state index in [9.17, 15) is 23.1 Å². The molecule has 0 amide bonds. The van der Waals surface area contributed by atoms with Crippen molar-refractivity contribution in [3.05, 3.63) is 53.6 Å². The molecule has 0 bridgehead atoms. The van der Waals surface area contributed by atoms with Gasteiger partial charge in [-0.3, -0.25) is 4.79 Å². The summed E-state index contributed by atoms with van der Waals surface area (Å²) in [7, 11) is 1.54. The molecule has 1 unspecified atom stereocenters. The highest BCUT2D eigenvalue weighted by molar-refractivity contribution is 5.78. The second-order valence-electron chi connectivity index (χ2n) is 7.23. The second-order valence-corrected chi connectivity index (χ2v) is 7.23. The number of benzene rings is 2. The van der Waals surface area contributed by atoms with Crippen LogP contribution in [0.15, 0.2) is 42.5 Å². The first-order valence-corrected chi connectivity index (χ1v) is 9.29. The minimum Gasteiger partial charge on any atom is -0.491 e. The summed E-state index contributed by atoms with van der Waals surface area (Å²) in [5.74, 6) is -1.09. The highest BCUT2D eigenvalue weighted by Gasteiger charge is 2.30. The topological polar surface area (TPSA) is 55.8 Å². The molecule has 0 aliphatic heterocycles. The van der Waals surface area contributed by atoms with Gasteiger partial charge in [0.2, 0.25) is 0 Å². The molecule has 0 aromatic heterocycles. The number of hydrogen-bond acceptors (Lipinski definition) is 3. The van der Waals surface area contributed by atoms with E-state index in [4.69, 9.17) is 9.47 Å². The van der Waals surface area contributed by atoms with Crippen LogP contribution in [0.3, 0.4) is 0 Å². The molecule has 0 spiro atoms. The van der Waals surface area contributed by atoms with Gasteiger partial charge < -0.3 is 14.6 Å². The average molecular weight is 410 g/mol. The van der Waals surface area contributed by atoms with Gasteiger partial charge in [0.25, 0.3) is 0 Å². The van der Waals surface area contributed by atoms with Crippen molar-refractivity contribution in [2.45, 2.75) is 32.4 Å². The van der Waals surface area contributed by atoms with E-state index in [-0.39, 0.29) is 12.5 Å². The normalized spacial score (nSPS) is 12.8. The standard InChI is InChI=1S/C22H25F3O4/c1-14(2)10-20(21(26)27)17-11-16(12-19(13-17)29-9-8-28-3)15-4-6-18(7-5-15)22(23,24)25/h4-7,11-14,20H,8-10H2,1-3H3,(H,26,27). The minimum absolute atomic E-state index is 0.156. The van der Waals surface area contributed by atoms with Gasteiger partial charge in [-0.15, -0.1) is 0 Å². The molecule has 0 aliphatic carbocycles. The van der Waals surface area contributed by atoms with Crippen molar-refractivity contribution in [1.29, 1.82) is 0 Å². The van der Waals surface area contributed by atoms with E-state index in [1.54, 1.807) is 18.2 Å². The molecule has 1 N–H and O–H groups in total. The van der Waals surface area contributed by atoms with Crippen molar-refractivity contribution < 1.29 is 32.5 Å². The maximum absolute atomic E-state index is 12.8. The van der Waals surface area contributed by atoms with Crippen LogP contribution in [-0.2, 0) is 15.7 Å². The van der Waals surface area contributed by atoms with Crippen LogP contribution in [0.5, 0.6) is 5.75 Å². The van der Waals surface area contributed by atoms with Crippen LogP contribution in [0.4, 0.5) is 13.2 Å². The molecule has 29 heavy (non-hydrogen) atoms. The van der Waals surface area contributed by atoms with Crippen LogP contribution in [0.1, 0.15) is 37.3 Å². The average Bonchev–Trinajstić information content (AvgIpc) is 2.65. The van der Waals surface area contributed by atoms with Gasteiger partial charge in [0.1, 0.15) is 12.4 Å². The Morgan fingerprint density at radius 2 is 1.69 bits per heavy atom. The van der Waals surface area contributed by atoms with Crippen molar-refractivity contribution in [1.82, 2.24) is 0 Å². The minimum atomic E-state index is -4.42. The summed E-state index contributed by atoms with van der Waals surface area (Å²) < 4.78 is 49.2. The predicted molar refractivity (Wildman–Crippen MR) is 104 cm³/mol. The summed E-state index contributed by atoms with van der Waals surface area (Å²) in [6.45, 7) is 4.50. The summed E-state index contributed by atoms with van der Waals surface area (Å²) in [6, 6.07) is 9.83. The van der Waals surface area contributed by atoms with E-state index in [1.165, 1.54) is 19.2 Å². The molecular formula is C22H25F3O4. The van der Waals surface area contributed by atoms with E-state index in [1.807, 2.05) is 13.8 Å². The van der Waals surface area contributed by atoms with Gasteiger partial charge in [-0.1, -0.05) is 32.0 Å². The van der Waals surface area contributed by atoms with Gasteiger partial charge in [-0.05, 0) is 53.3 Å². The molecule has 1 atom stereocenters. The van der Waals surface area contributed by atoms with Crippen molar-refractivity contribution in [2.75, 3.05) is 20.3 Å². The number of halogens is 3. The maximum atomic E-state index is 12.8. The van der Waals surface area contributed by atoms with E-state index in [0.29, 0.717) is 35.5 Å². The van der Waals surface area contributed by atoms with E-state index in [0.717, 1.165) is 12.1 Å². The Labute approximate surface area is 168 Å². The van der Waals surface area contributed by atoms with E-state index < -0.39 is 23.6 Å². The van der Waals surface area contributed by atoms with Crippen molar-refractivity contribution in [3.63, 3.8) is 0 Å². The molecule has 2 rings (SSSR count). The number of carboxylic acid groups (broad SMARTS) is 1. The third-order valence-corrected chi connectivity index (χ3v) is 4.44. The van der Waals surface area contributed by atoms with Gasteiger partial charge in [0.15, 0.2) is 0 Å². The molecule has 0 saturated heterocycles. The molecule has 0 radical (unpaired) electrons. The molecule has 7 heteroatoms. The van der Waals surface area contributed by atoms with Crippen LogP contribution in [-0.4, -0.2) is 31.4 Å². The Balaban J connectivity index is 2.47. The van der Waals surface area contributed by atoms with E-state index in [2.05, 4.69) is 0 Å². The molecular weight excluding hydrogens is 385 g/mol. The lowest BCUT2D eigenvalue weighted by Crippen LogP contribution is -2.14. The lowest BCUT2D eigenvalue weighted by molar-refractivity contribution is -0.139. The molecule has 4 nitrogen and oxygen atoms in total. The second kappa shape index (κ2) is 9.78. The molecule has 0 fully saturated rings. The summed E-state index contributed by atoms with van der Waals surface area (Å²) in [5.41, 5.74) is 0.956. The van der Waals surface area contributed by atoms with Crippen molar-refractivity contribution in [2.24, 2.45) is 5.92 Å². The Morgan fingerprint density at radius 1 is 1.03 bits per heavy atom. The SMILES string of the molecule is COCCOc1cc(-c2ccc(C(F)(F)F)cc2)cc(C(CC(C)C)C(=O)O)c1. The summed E-state index contributed by atoms with van der Waals surface area (Å²) in [6.07, 6.45) is -3.98. The number of carboxylic acids is 1. The van der Waals surface area contributed by atoms with Gasteiger partial charge in [-0.2, -0.15) is 13.2 Å². The third-order valence-electron chi connectivity index (χ3n) is 4.44. The van der Waals surface area contributed by atoms with Gasteiger partial charge in [0, 0.05) is 7.11 Å². The highest BCUT2D eigenvalue weighted by atomic mass is 19.4. The van der Waals surface area contributed by atoms with Gasteiger partial charge >= 0.3 is 12.1 Å². The van der Waals surface area contributed by atoms with Gasteiger partial charge in [0.05, 0.1) is 18.1 Å².